The molecule has 3 heterocycles. The molecule has 0 radical (unpaired) electrons. The highest BCUT2D eigenvalue weighted by atomic mass is 15.0. The highest BCUT2D eigenvalue weighted by molar-refractivity contribution is 6.26. The van der Waals surface area contributed by atoms with Gasteiger partial charge in [0.15, 0.2) is 11.9 Å². The van der Waals surface area contributed by atoms with E-state index in [2.05, 4.69) is 90.3 Å². The zero-order chi connectivity index (χ0) is 24.1. The smallest absolute Gasteiger partial charge is 0.224 e. The average molecular weight is 457 g/mol. The highest BCUT2D eigenvalue weighted by Crippen LogP contribution is 2.46. The molecule has 0 bridgehead atoms. The minimum absolute atomic E-state index is 0.456. The summed E-state index contributed by atoms with van der Waals surface area (Å²) in [7, 11) is 2.17. The monoisotopic (exact) mass is 456 g/mol. The van der Waals surface area contributed by atoms with E-state index in [9.17, 15) is 0 Å². The van der Waals surface area contributed by atoms with Gasteiger partial charge in [0, 0.05) is 22.4 Å². The number of rotatable bonds is 1. The summed E-state index contributed by atoms with van der Waals surface area (Å²) in [5, 5.41) is 6.45. The number of nitrogens with zero attached hydrogens (tertiary/aromatic N) is 3. The normalized spacial score (nSPS) is 16.8. The summed E-state index contributed by atoms with van der Waals surface area (Å²) in [4.78, 5) is 3.77. The van der Waals surface area contributed by atoms with Crippen LogP contribution in [0, 0.1) is 18.9 Å². The minimum Gasteiger partial charge on any atom is -0.309 e. The molecule has 0 spiro atoms. The Kier molecular flexibility index (Phi) is 4.11. The third kappa shape index (κ3) is 2.80. The van der Waals surface area contributed by atoms with E-state index in [-0.39, 0.29) is 0 Å². The Labute approximate surface area is 205 Å². The van der Waals surface area contributed by atoms with E-state index in [1.165, 1.54) is 80.3 Å². The Bertz CT molecular complexity index is 1850. The molecule has 0 N–H and O–H groups in total. The number of hydrogen-bond donors (Lipinski definition) is 0. The van der Waals surface area contributed by atoms with Gasteiger partial charge in [0.05, 0.1) is 28.4 Å². The minimum atomic E-state index is 0.456. The third-order valence-electron chi connectivity index (χ3n) is 8.78. The van der Waals surface area contributed by atoms with Gasteiger partial charge in [0.25, 0.3) is 0 Å². The van der Waals surface area contributed by atoms with Crippen LogP contribution in [0.2, 0.25) is 0 Å². The number of benzene rings is 3. The van der Waals surface area contributed by atoms with Gasteiger partial charge in [-0.25, -0.2) is 9.41 Å². The fraction of sp³-hybridized carbons (Fsp3) is 0.312. The molecule has 3 nitrogen and oxygen atoms in total. The summed E-state index contributed by atoms with van der Waals surface area (Å²) in [6.45, 7) is 14.7. The van der Waals surface area contributed by atoms with Gasteiger partial charge in [0.2, 0.25) is 5.52 Å². The van der Waals surface area contributed by atoms with E-state index in [1.807, 2.05) is 6.07 Å². The Morgan fingerprint density at radius 3 is 2.49 bits per heavy atom. The Morgan fingerprint density at radius 2 is 1.71 bits per heavy atom. The van der Waals surface area contributed by atoms with E-state index in [0.717, 1.165) is 5.52 Å². The maximum absolute atomic E-state index is 7.64. The van der Waals surface area contributed by atoms with Crippen molar-refractivity contribution in [1.82, 2.24) is 4.40 Å². The molecule has 0 atom stereocenters. The summed E-state index contributed by atoms with van der Waals surface area (Å²) in [6.07, 6.45) is 7.30. The number of pyridine rings is 2. The second kappa shape index (κ2) is 6.95. The van der Waals surface area contributed by atoms with Crippen LogP contribution in [0.1, 0.15) is 56.6 Å². The summed E-state index contributed by atoms with van der Waals surface area (Å²) in [5.41, 5.74) is 8.90. The molecule has 35 heavy (non-hydrogen) atoms. The Hall–Kier alpha value is -3.64. The lowest BCUT2D eigenvalue weighted by atomic mass is 9.71. The van der Waals surface area contributed by atoms with Gasteiger partial charge < -0.3 is 4.40 Å². The van der Waals surface area contributed by atoms with Crippen LogP contribution in [0.3, 0.4) is 0 Å². The van der Waals surface area contributed by atoms with Crippen molar-refractivity contribution >= 4 is 54.7 Å². The van der Waals surface area contributed by atoms with Crippen molar-refractivity contribution in [2.45, 2.75) is 52.4 Å². The second-order valence-electron chi connectivity index (χ2n) is 11.5. The fourth-order valence-corrected chi connectivity index (χ4v) is 6.76. The topological polar surface area (TPSA) is 12.6 Å². The molecule has 0 amide bonds. The van der Waals surface area contributed by atoms with E-state index in [4.69, 9.17) is 6.57 Å². The zero-order valence-electron chi connectivity index (χ0n) is 20.9. The van der Waals surface area contributed by atoms with Crippen LogP contribution in [0.5, 0.6) is 0 Å². The highest BCUT2D eigenvalue weighted by Gasteiger charge is 2.29. The van der Waals surface area contributed by atoms with Gasteiger partial charge >= 0.3 is 0 Å². The van der Waals surface area contributed by atoms with E-state index in [1.54, 1.807) is 0 Å². The van der Waals surface area contributed by atoms with E-state index in [0.29, 0.717) is 17.0 Å². The largest absolute Gasteiger partial charge is 0.309 e. The maximum atomic E-state index is 7.64. The molecule has 0 aliphatic heterocycles. The van der Waals surface area contributed by atoms with Crippen LogP contribution in [0.4, 0.5) is 5.69 Å². The van der Waals surface area contributed by atoms with Crippen molar-refractivity contribution in [3.8, 4) is 0 Å². The fourth-order valence-electron chi connectivity index (χ4n) is 6.76. The first-order valence-electron chi connectivity index (χ1n) is 12.8. The van der Waals surface area contributed by atoms with Gasteiger partial charge in [0.1, 0.15) is 7.05 Å². The summed E-state index contributed by atoms with van der Waals surface area (Å²) in [5.74, 6) is 0.608. The first-order valence-corrected chi connectivity index (χ1v) is 12.8. The van der Waals surface area contributed by atoms with Gasteiger partial charge in [-0.15, -0.1) is 0 Å². The molecule has 1 aliphatic carbocycles. The van der Waals surface area contributed by atoms with E-state index < -0.39 is 0 Å². The van der Waals surface area contributed by atoms with Crippen molar-refractivity contribution in [1.29, 1.82) is 0 Å². The maximum Gasteiger partial charge on any atom is 0.224 e. The molecule has 3 heteroatoms. The molecule has 0 saturated heterocycles. The van der Waals surface area contributed by atoms with Crippen molar-refractivity contribution < 1.29 is 4.57 Å². The van der Waals surface area contributed by atoms with Gasteiger partial charge in [-0.2, -0.15) is 0 Å². The zero-order valence-corrected chi connectivity index (χ0v) is 20.9. The molecule has 6 aromatic rings. The lowest BCUT2D eigenvalue weighted by Gasteiger charge is -2.34. The number of aromatic nitrogens is 2. The molecule has 3 aromatic carbocycles. The van der Waals surface area contributed by atoms with Crippen LogP contribution in [0.25, 0.3) is 53.8 Å². The summed E-state index contributed by atoms with van der Waals surface area (Å²) in [6, 6.07) is 17.9. The van der Waals surface area contributed by atoms with Gasteiger partial charge in [-0.1, -0.05) is 44.2 Å². The number of fused-ring (bicyclic) bond motifs is 5. The molecule has 0 unspecified atom stereocenters. The third-order valence-corrected chi connectivity index (χ3v) is 8.78. The first kappa shape index (κ1) is 20.7. The molecular formula is C32H30N3+. The lowest BCUT2D eigenvalue weighted by Crippen LogP contribution is -2.29. The Morgan fingerprint density at radius 1 is 0.943 bits per heavy atom. The van der Waals surface area contributed by atoms with E-state index >= 15 is 0 Å². The molecular weight excluding hydrogens is 426 g/mol. The number of aryl methyl sites for hydroxylation is 2. The second-order valence-corrected chi connectivity index (χ2v) is 11.5. The summed E-state index contributed by atoms with van der Waals surface area (Å²) >= 11 is 0. The van der Waals surface area contributed by atoms with Crippen LogP contribution in [0.15, 0.2) is 54.7 Å². The Balaban J connectivity index is 1.69. The molecule has 3 aromatic heterocycles. The predicted octanol–water partition coefficient (Wildman–Crippen LogP) is 8.36. The molecule has 1 fully saturated rings. The molecule has 172 valence electrons. The van der Waals surface area contributed by atoms with Crippen LogP contribution in [-0.4, -0.2) is 4.40 Å². The molecule has 7 rings (SSSR count). The predicted molar refractivity (Wildman–Crippen MR) is 146 cm³/mol. The first-order chi connectivity index (χ1) is 16.9. The quantitative estimate of drug-likeness (QED) is 0.102. The number of hydrogen-bond acceptors (Lipinski definition) is 0. The standard InChI is InChI=1S/C32H30N3/c1-19-6-8-25-24-9-7-23(33-4)18-26(24)35-27-17-22(20-10-13-32(2,3)14-11-20)16-21-12-15-34(5)31(29(21)27)28(19)30(25)35/h6-9,12,15-18,20H,10-11,13-14H2,1-3,5H3/q+1. The van der Waals surface area contributed by atoms with Crippen LogP contribution in [-0.2, 0) is 7.05 Å². The SMILES string of the molecule is [C-]#[N+]c1ccc2c3ccc(C)c4c3n(c2c1)c1cc(C2CCC(C)(C)CC2)cc2cc[n+](C)c4c21. The summed E-state index contributed by atoms with van der Waals surface area (Å²) < 4.78 is 4.76. The molecule has 1 aliphatic rings. The van der Waals surface area contributed by atoms with Gasteiger partial charge in [-0.3, -0.25) is 0 Å². The van der Waals surface area contributed by atoms with Crippen molar-refractivity contribution in [2.75, 3.05) is 0 Å². The lowest BCUT2D eigenvalue weighted by molar-refractivity contribution is -0.643. The van der Waals surface area contributed by atoms with Crippen molar-refractivity contribution in [3.05, 3.63) is 77.3 Å². The van der Waals surface area contributed by atoms with Crippen molar-refractivity contribution in [3.63, 3.8) is 0 Å². The van der Waals surface area contributed by atoms with Gasteiger partial charge in [-0.05, 0) is 72.6 Å². The average Bonchev–Trinajstić information content (AvgIpc) is 3.18. The van der Waals surface area contributed by atoms with Crippen LogP contribution >= 0.6 is 0 Å². The molecule has 1 saturated carbocycles. The van der Waals surface area contributed by atoms with Crippen molar-refractivity contribution in [2.24, 2.45) is 12.5 Å². The van der Waals surface area contributed by atoms with Crippen LogP contribution < -0.4 is 4.57 Å².